The SMILES string of the molecule is CCOC(=O)COc1ccc(-c2nc(N(Cc3ccc(C(F)(F)P(=O)(O)O)c(Br)c3)c3ccc(Cl)c(Cl)c3)sc2C)cc1. The summed E-state index contributed by atoms with van der Waals surface area (Å²) in [6.45, 7) is 3.82. The third-order valence-electron chi connectivity index (χ3n) is 6.08. The number of benzene rings is 3. The molecule has 0 bridgehead atoms. The van der Waals surface area contributed by atoms with E-state index in [4.69, 9.17) is 47.4 Å². The van der Waals surface area contributed by atoms with Crippen molar-refractivity contribution in [2.75, 3.05) is 18.1 Å². The van der Waals surface area contributed by atoms with Crippen LogP contribution in [0.1, 0.15) is 22.9 Å². The van der Waals surface area contributed by atoms with E-state index in [1.807, 2.05) is 24.0 Å². The Bertz CT molecular complexity index is 1690. The van der Waals surface area contributed by atoms with Crippen molar-refractivity contribution >= 4 is 74.9 Å². The molecule has 0 spiro atoms. The summed E-state index contributed by atoms with van der Waals surface area (Å²) < 4.78 is 50.4. The van der Waals surface area contributed by atoms with E-state index in [0.29, 0.717) is 37.9 Å². The fourth-order valence-electron chi connectivity index (χ4n) is 3.98. The van der Waals surface area contributed by atoms with Crippen molar-refractivity contribution in [3.05, 3.63) is 91.2 Å². The number of esters is 1. The van der Waals surface area contributed by atoms with E-state index in [-0.39, 0.29) is 24.2 Å². The average molecular weight is 736 g/mol. The van der Waals surface area contributed by atoms with Crippen LogP contribution in [0.5, 0.6) is 5.75 Å². The van der Waals surface area contributed by atoms with Gasteiger partial charge in [0.15, 0.2) is 11.7 Å². The number of ether oxygens (including phenoxy) is 2. The molecule has 8 nitrogen and oxygen atoms in total. The van der Waals surface area contributed by atoms with Crippen LogP contribution in [0.25, 0.3) is 11.3 Å². The summed E-state index contributed by atoms with van der Waals surface area (Å²) in [5, 5.41) is 1.21. The monoisotopic (exact) mass is 734 g/mol. The fourth-order valence-corrected chi connectivity index (χ4v) is 6.56. The Morgan fingerprint density at radius 2 is 1.79 bits per heavy atom. The second-order valence-corrected chi connectivity index (χ2v) is 13.6. The third-order valence-corrected chi connectivity index (χ3v) is 9.45. The zero-order valence-electron chi connectivity index (χ0n) is 22.6. The fraction of sp³-hybridized carbons (Fsp3) is 0.214. The van der Waals surface area contributed by atoms with Gasteiger partial charge in [-0.05, 0) is 67.9 Å². The van der Waals surface area contributed by atoms with Crippen LogP contribution in [-0.4, -0.2) is 34.0 Å². The maximum Gasteiger partial charge on any atom is 0.399 e. The summed E-state index contributed by atoms with van der Waals surface area (Å²) in [6.07, 6.45) is 0. The lowest BCUT2D eigenvalue weighted by Gasteiger charge is -2.24. The van der Waals surface area contributed by atoms with Crippen LogP contribution in [0.15, 0.2) is 65.1 Å². The molecule has 0 unspecified atom stereocenters. The normalized spacial score (nSPS) is 11.8. The van der Waals surface area contributed by atoms with Gasteiger partial charge in [0.25, 0.3) is 0 Å². The molecule has 0 amide bonds. The maximum atomic E-state index is 14.4. The Kier molecular flexibility index (Phi) is 10.5. The van der Waals surface area contributed by atoms with Crippen LogP contribution in [0.4, 0.5) is 19.6 Å². The minimum atomic E-state index is -5.75. The molecule has 0 aliphatic heterocycles. The van der Waals surface area contributed by atoms with Crippen molar-refractivity contribution in [1.82, 2.24) is 4.98 Å². The van der Waals surface area contributed by atoms with Gasteiger partial charge in [0.1, 0.15) is 5.75 Å². The molecule has 2 N–H and O–H groups in total. The van der Waals surface area contributed by atoms with Crippen molar-refractivity contribution in [3.63, 3.8) is 0 Å². The average Bonchev–Trinajstić information content (AvgIpc) is 3.33. The number of alkyl halides is 2. The summed E-state index contributed by atoms with van der Waals surface area (Å²) in [5.41, 5.74) is -2.54. The standard InChI is InChI=1S/C28H24BrCl2F2N2O6PS/c1-3-40-25(36)15-41-20-8-5-18(6-9-20)26-16(2)43-27(34-26)35(19-7-11-23(30)24(31)13-19)14-17-4-10-21(22(29)12-17)28(32,33)42(37,38)39/h4-13H,3,14-15H2,1-2H3,(H2,37,38,39). The van der Waals surface area contributed by atoms with Gasteiger partial charge in [0.05, 0.1) is 28.9 Å². The van der Waals surface area contributed by atoms with Gasteiger partial charge in [0, 0.05) is 26.2 Å². The smallest absolute Gasteiger partial charge is 0.399 e. The number of rotatable bonds is 11. The predicted molar refractivity (Wildman–Crippen MR) is 167 cm³/mol. The first-order valence-electron chi connectivity index (χ1n) is 12.5. The maximum absolute atomic E-state index is 14.4. The number of nitrogens with zero attached hydrogens (tertiary/aromatic N) is 2. The molecule has 0 saturated carbocycles. The molecule has 4 aromatic rings. The molecule has 0 saturated heterocycles. The lowest BCUT2D eigenvalue weighted by molar-refractivity contribution is -0.145. The molecule has 0 atom stereocenters. The van der Waals surface area contributed by atoms with Crippen LogP contribution in [-0.2, 0) is 26.3 Å². The number of thiazole rings is 1. The van der Waals surface area contributed by atoms with Crippen LogP contribution < -0.4 is 9.64 Å². The minimum Gasteiger partial charge on any atom is -0.482 e. The van der Waals surface area contributed by atoms with Gasteiger partial charge in [0.2, 0.25) is 0 Å². The molecule has 228 valence electrons. The van der Waals surface area contributed by atoms with Gasteiger partial charge >= 0.3 is 19.2 Å². The molecular formula is C28H24BrCl2F2N2O6PS. The van der Waals surface area contributed by atoms with Gasteiger partial charge < -0.3 is 24.2 Å². The van der Waals surface area contributed by atoms with Gasteiger partial charge in [-0.1, -0.05) is 51.3 Å². The van der Waals surface area contributed by atoms with Crippen molar-refractivity contribution in [2.24, 2.45) is 0 Å². The van der Waals surface area contributed by atoms with Gasteiger partial charge in [-0.25, -0.2) is 9.78 Å². The molecule has 43 heavy (non-hydrogen) atoms. The van der Waals surface area contributed by atoms with E-state index in [2.05, 4.69) is 15.9 Å². The molecule has 1 heterocycles. The second kappa shape index (κ2) is 13.6. The van der Waals surface area contributed by atoms with E-state index in [9.17, 15) is 18.1 Å². The molecule has 15 heteroatoms. The summed E-state index contributed by atoms with van der Waals surface area (Å²) in [4.78, 5) is 37.5. The molecule has 0 radical (unpaired) electrons. The van der Waals surface area contributed by atoms with Crippen molar-refractivity contribution in [3.8, 4) is 17.0 Å². The number of anilines is 2. The van der Waals surface area contributed by atoms with Crippen LogP contribution >= 0.6 is 58.1 Å². The largest absolute Gasteiger partial charge is 0.482 e. The highest BCUT2D eigenvalue weighted by Crippen LogP contribution is 2.60. The van der Waals surface area contributed by atoms with Gasteiger partial charge in [-0.2, -0.15) is 8.78 Å². The van der Waals surface area contributed by atoms with E-state index < -0.39 is 24.8 Å². The van der Waals surface area contributed by atoms with E-state index in [1.54, 1.807) is 37.3 Å². The molecular weight excluding hydrogens is 712 g/mol. The third kappa shape index (κ3) is 7.75. The highest BCUT2D eigenvalue weighted by Gasteiger charge is 2.51. The minimum absolute atomic E-state index is 0.144. The van der Waals surface area contributed by atoms with Crippen molar-refractivity contribution in [1.29, 1.82) is 0 Å². The first-order valence-corrected chi connectivity index (χ1v) is 16.5. The Hall–Kier alpha value is -2.57. The van der Waals surface area contributed by atoms with Crippen molar-refractivity contribution in [2.45, 2.75) is 26.1 Å². The Labute approximate surface area is 268 Å². The second-order valence-electron chi connectivity index (χ2n) is 9.10. The number of carbonyl (C=O) groups excluding carboxylic acids is 1. The molecule has 0 aliphatic rings. The lowest BCUT2D eigenvalue weighted by atomic mass is 10.1. The Morgan fingerprint density at radius 1 is 1.09 bits per heavy atom. The van der Waals surface area contributed by atoms with Crippen LogP contribution in [0.3, 0.4) is 0 Å². The van der Waals surface area contributed by atoms with E-state index in [1.165, 1.54) is 23.5 Å². The Balaban J connectivity index is 1.67. The zero-order valence-corrected chi connectivity index (χ0v) is 27.4. The topological polar surface area (TPSA) is 109 Å². The molecule has 1 aromatic heterocycles. The summed E-state index contributed by atoms with van der Waals surface area (Å²) in [6, 6.07) is 15.8. The molecule has 4 rings (SSSR count). The zero-order chi connectivity index (χ0) is 31.5. The highest BCUT2D eigenvalue weighted by atomic mass is 79.9. The van der Waals surface area contributed by atoms with E-state index in [0.717, 1.165) is 16.5 Å². The molecule has 0 fully saturated rings. The van der Waals surface area contributed by atoms with Gasteiger partial charge in [-0.3, -0.25) is 4.57 Å². The van der Waals surface area contributed by atoms with Crippen LogP contribution in [0, 0.1) is 6.92 Å². The number of aromatic nitrogens is 1. The van der Waals surface area contributed by atoms with E-state index >= 15 is 0 Å². The summed E-state index contributed by atoms with van der Waals surface area (Å²) in [7, 11) is -5.75. The summed E-state index contributed by atoms with van der Waals surface area (Å²) >= 11 is 16.9. The number of aryl methyl sites for hydroxylation is 1. The molecule has 0 aliphatic carbocycles. The summed E-state index contributed by atoms with van der Waals surface area (Å²) in [5.74, 6) is 0.0202. The van der Waals surface area contributed by atoms with Crippen molar-refractivity contribution < 1.29 is 37.4 Å². The number of carbonyl (C=O) groups is 1. The molecule has 3 aromatic carbocycles. The van der Waals surface area contributed by atoms with Crippen LogP contribution in [0.2, 0.25) is 10.0 Å². The first-order chi connectivity index (χ1) is 20.2. The predicted octanol–water partition coefficient (Wildman–Crippen LogP) is 8.70. The quantitative estimate of drug-likeness (QED) is 0.116. The number of hydrogen-bond acceptors (Lipinski definition) is 7. The number of halogens is 5. The van der Waals surface area contributed by atoms with Gasteiger partial charge in [-0.15, -0.1) is 11.3 Å². The highest BCUT2D eigenvalue weighted by molar-refractivity contribution is 9.10. The first kappa shape index (κ1) is 33.3. The number of hydrogen-bond donors (Lipinski definition) is 2. The Morgan fingerprint density at radius 3 is 2.40 bits per heavy atom. The lowest BCUT2D eigenvalue weighted by Crippen LogP contribution is -2.18.